The molecular weight excluding hydrogens is 430 g/mol. The minimum absolute atomic E-state index is 0.206. The SMILES string of the molecule is CCOC(=O)c1s/c(=N/NC(=O)C2=CC(=O)C=CC2=O)n(-c2ccc(Cl)cc2)c1C. The fourth-order valence-corrected chi connectivity index (χ4v) is 3.77. The Morgan fingerprint density at radius 3 is 2.57 bits per heavy atom. The van der Waals surface area contributed by atoms with Crippen LogP contribution >= 0.6 is 22.9 Å². The lowest BCUT2D eigenvalue weighted by Crippen LogP contribution is -2.29. The van der Waals surface area contributed by atoms with E-state index in [4.69, 9.17) is 16.3 Å². The molecule has 1 aliphatic rings. The lowest BCUT2D eigenvalue weighted by Gasteiger charge is -2.08. The highest BCUT2D eigenvalue weighted by molar-refractivity contribution is 7.11. The zero-order chi connectivity index (χ0) is 21.8. The van der Waals surface area contributed by atoms with Crippen molar-refractivity contribution < 1.29 is 23.9 Å². The van der Waals surface area contributed by atoms with Gasteiger partial charge in [0.2, 0.25) is 4.80 Å². The van der Waals surface area contributed by atoms with Crippen LogP contribution in [0.5, 0.6) is 0 Å². The van der Waals surface area contributed by atoms with Gasteiger partial charge >= 0.3 is 5.97 Å². The summed E-state index contributed by atoms with van der Waals surface area (Å²) < 4.78 is 6.74. The quantitative estimate of drug-likeness (QED) is 0.329. The number of thiazole rings is 1. The van der Waals surface area contributed by atoms with Gasteiger partial charge in [0.25, 0.3) is 5.91 Å². The number of amides is 1. The Bertz CT molecular complexity index is 1170. The number of benzene rings is 1. The monoisotopic (exact) mass is 445 g/mol. The summed E-state index contributed by atoms with van der Waals surface area (Å²) in [5.74, 6) is -2.41. The van der Waals surface area contributed by atoms with Gasteiger partial charge in [-0.25, -0.2) is 10.2 Å². The molecule has 0 saturated carbocycles. The number of rotatable bonds is 5. The van der Waals surface area contributed by atoms with Gasteiger partial charge in [0.15, 0.2) is 11.6 Å². The van der Waals surface area contributed by atoms with Crippen LogP contribution in [-0.2, 0) is 19.1 Å². The number of esters is 1. The van der Waals surface area contributed by atoms with E-state index in [-0.39, 0.29) is 17.0 Å². The van der Waals surface area contributed by atoms with Crippen molar-refractivity contribution in [3.8, 4) is 5.69 Å². The van der Waals surface area contributed by atoms with Crippen molar-refractivity contribution in [3.05, 3.63) is 68.5 Å². The molecule has 0 radical (unpaired) electrons. The number of ketones is 2. The van der Waals surface area contributed by atoms with Crippen molar-refractivity contribution in [1.29, 1.82) is 0 Å². The number of halogens is 1. The molecule has 30 heavy (non-hydrogen) atoms. The van der Waals surface area contributed by atoms with Crippen LogP contribution in [0.1, 0.15) is 22.3 Å². The second-order valence-corrected chi connectivity index (χ2v) is 7.46. The molecule has 0 aliphatic heterocycles. The van der Waals surface area contributed by atoms with E-state index in [2.05, 4.69) is 10.5 Å². The highest BCUT2D eigenvalue weighted by Gasteiger charge is 2.22. The molecule has 1 heterocycles. The minimum Gasteiger partial charge on any atom is -0.462 e. The standard InChI is InChI=1S/C20H16ClN3O5S/c1-3-29-19(28)17-11(2)24(13-6-4-12(21)5-7-13)20(30-17)23-22-18(27)15-10-14(25)8-9-16(15)26/h4-10H,3H2,1-2H3,(H,22,27)/b23-20+. The third-order valence-electron chi connectivity index (χ3n) is 4.04. The summed E-state index contributed by atoms with van der Waals surface area (Å²) in [6.45, 7) is 3.62. The van der Waals surface area contributed by atoms with Crippen LogP contribution in [0.15, 0.2) is 53.2 Å². The molecule has 0 fully saturated rings. The molecule has 1 N–H and O–H groups in total. The Balaban J connectivity index is 2.04. The Morgan fingerprint density at radius 1 is 1.20 bits per heavy atom. The predicted molar refractivity (Wildman–Crippen MR) is 110 cm³/mol. The van der Waals surface area contributed by atoms with Gasteiger partial charge in [-0.2, -0.15) is 0 Å². The molecule has 0 spiro atoms. The summed E-state index contributed by atoms with van der Waals surface area (Å²) in [6, 6.07) is 6.82. The molecule has 1 aromatic heterocycles. The van der Waals surface area contributed by atoms with Crippen molar-refractivity contribution in [2.45, 2.75) is 13.8 Å². The first-order chi connectivity index (χ1) is 14.3. The maximum absolute atomic E-state index is 12.4. The first kappa shape index (κ1) is 21.4. The molecule has 1 aromatic carbocycles. The van der Waals surface area contributed by atoms with Gasteiger partial charge < -0.3 is 4.74 Å². The van der Waals surface area contributed by atoms with E-state index >= 15 is 0 Å². The fourth-order valence-electron chi connectivity index (χ4n) is 2.65. The number of nitrogens with one attached hydrogen (secondary N) is 1. The maximum atomic E-state index is 12.4. The zero-order valence-corrected chi connectivity index (χ0v) is 17.5. The van der Waals surface area contributed by atoms with Crippen LogP contribution in [0.25, 0.3) is 5.69 Å². The summed E-state index contributed by atoms with van der Waals surface area (Å²) in [5, 5.41) is 4.61. The maximum Gasteiger partial charge on any atom is 0.350 e. The molecule has 2 aromatic rings. The summed E-state index contributed by atoms with van der Waals surface area (Å²) in [6.07, 6.45) is 3.06. The molecule has 8 nitrogen and oxygen atoms in total. The van der Waals surface area contributed by atoms with E-state index in [1.807, 2.05) is 0 Å². The van der Waals surface area contributed by atoms with E-state index in [9.17, 15) is 19.2 Å². The third-order valence-corrected chi connectivity index (χ3v) is 5.42. The molecule has 0 unspecified atom stereocenters. The second-order valence-electron chi connectivity index (χ2n) is 6.04. The molecule has 3 rings (SSSR count). The molecule has 154 valence electrons. The molecule has 0 bridgehead atoms. The lowest BCUT2D eigenvalue weighted by atomic mass is 10.0. The Hall–Kier alpha value is -3.30. The van der Waals surface area contributed by atoms with Crippen molar-refractivity contribution in [3.63, 3.8) is 0 Å². The van der Waals surface area contributed by atoms with Gasteiger partial charge in [0, 0.05) is 22.5 Å². The highest BCUT2D eigenvalue weighted by atomic mass is 35.5. The molecule has 1 amide bonds. The van der Waals surface area contributed by atoms with Gasteiger partial charge in [-0.3, -0.25) is 19.0 Å². The smallest absolute Gasteiger partial charge is 0.350 e. The molecule has 10 heteroatoms. The van der Waals surface area contributed by atoms with Crippen LogP contribution in [0, 0.1) is 6.92 Å². The van der Waals surface area contributed by atoms with Crippen LogP contribution in [0.3, 0.4) is 0 Å². The normalized spacial score (nSPS) is 14.0. The van der Waals surface area contributed by atoms with E-state index in [1.165, 1.54) is 0 Å². The Morgan fingerprint density at radius 2 is 1.90 bits per heavy atom. The summed E-state index contributed by atoms with van der Waals surface area (Å²) in [4.78, 5) is 48.5. The number of hydrogen-bond donors (Lipinski definition) is 1. The summed E-state index contributed by atoms with van der Waals surface area (Å²) in [7, 11) is 0. The van der Waals surface area contributed by atoms with Gasteiger partial charge in [-0.05, 0) is 50.3 Å². The van der Waals surface area contributed by atoms with Crippen LogP contribution < -0.4 is 10.2 Å². The molecule has 0 atom stereocenters. The zero-order valence-electron chi connectivity index (χ0n) is 16.0. The minimum atomic E-state index is -0.830. The first-order valence-corrected chi connectivity index (χ1v) is 9.99. The number of ether oxygens (including phenoxy) is 1. The number of carbonyl (C=O) groups excluding carboxylic acids is 4. The van der Waals surface area contributed by atoms with E-state index in [0.717, 1.165) is 29.6 Å². The summed E-state index contributed by atoms with van der Waals surface area (Å²) in [5.41, 5.74) is 3.17. The Kier molecular flexibility index (Phi) is 6.43. The largest absolute Gasteiger partial charge is 0.462 e. The third kappa shape index (κ3) is 4.47. The Labute approximate surface area is 180 Å². The van der Waals surface area contributed by atoms with Crippen LogP contribution in [0.2, 0.25) is 5.02 Å². The lowest BCUT2D eigenvalue weighted by molar-refractivity contribution is -0.122. The number of nitrogens with zero attached hydrogens (tertiary/aromatic N) is 2. The second kappa shape index (κ2) is 9.02. The molecule has 0 saturated heterocycles. The molecule has 1 aliphatic carbocycles. The van der Waals surface area contributed by atoms with E-state index < -0.39 is 23.4 Å². The fraction of sp³-hybridized carbons (Fsp3) is 0.150. The van der Waals surface area contributed by atoms with Crippen molar-refractivity contribution in [2.75, 3.05) is 6.61 Å². The highest BCUT2D eigenvalue weighted by Crippen LogP contribution is 2.19. The van der Waals surface area contributed by atoms with Crippen molar-refractivity contribution in [2.24, 2.45) is 5.10 Å². The predicted octanol–water partition coefficient (Wildman–Crippen LogP) is 2.24. The van der Waals surface area contributed by atoms with Gasteiger partial charge in [0.05, 0.1) is 12.2 Å². The number of carbonyl (C=O) groups is 4. The van der Waals surface area contributed by atoms with Crippen molar-refractivity contribution in [1.82, 2.24) is 9.99 Å². The molecular formula is C20H16ClN3O5S. The number of allylic oxidation sites excluding steroid dienone is 3. The topological polar surface area (TPSA) is 107 Å². The van der Waals surface area contributed by atoms with Crippen LogP contribution in [-0.4, -0.2) is 34.6 Å². The van der Waals surface area contributed by atoms with Gasteiger partial charge in [-0.1, -0.05) is 22.9 Å². The van der Waals surface area contributed by atoms with Gasteiger partial charge in [0.1, 0.15) is 4.88 Å². The van der Waals surface area contributed by atoms with E-state index in [1.54, 1.807) is 42.7 Å². The van der Waals surface area contributed by atoms with Gasteiger partial charge in [-0.15, -0.1) is 5.10 Å². The average Bonchev–Trinajstić information content (AvgIpc) is 3.05. The number of aromatic nitrogens is 1. The summed E-state index contributed by atoms with van der Waals surface area (Å²) >= 11 is 6.97. The van der Waals surface area contributed by atoms with E-state index in [0.29, 0.717) is 21.3 Å². The first-order valence-electron chi connectivity index (χ1n) is 8.79. The van der Waals surface area contributed by atoms with Crippen molar-refractivity contribution >= 4 is 46.4 Å². The number of hydrogen-bond acceptors (Lipinski definition) is 7. The van der Waals surface area contributed by atoms with Crippen LogP contribution in [0.4, 0.5) is 0 Å². The average molecular weight is 446 g/mol.